The zero-order chi connectivity index (χ0) is 12.5. The quantitative estimate of drug-likeness (QED) is 0.941. The topological polar surface area (TPSA) is 29.9 Å². The van der Waals surface area contributed by atoms with Crippen LogP contribution in [0.4, 0.5) is 4.39 Å². The van der Waals surface area contributed by atoms with Crippen molar-refractivity contribution in [3.8, 4) is 5.69 Å². The molecule has 1 N–H and O–H groups in total. The Labute approximate surface area is 113 Å². The van der Waals surface area contributed by atoms with Crippen LogP contribution in [0.15, 0.2) is 34.9 Å². The molecule has 0 aliphatic heterocycles. The van der Waals surface area contributed by atoms with Crippen molar-refractivity contribution >= 4 is 15.9 Å². The Kier molecular flexibility index (Phi) is 3.18. The molecule has 18 heavy (non-hydrogen) atoms. The van der Waals surface area contributed by atoms with Crippen molar-refractivity contribution in [2.75, 3.05) is 0 Å². The lowest BCUT2D eigenvalue weighted by atomic mass is 10.3. The number of halogens is 2. The summed E-state index contributed by atoms with van der Waals surface area (Å²) in [6, 6.07) is 7.52. The molecule has 1 heterocycles. The van der Waals surface area contributed by atoms with Gasteiger partial charge in [-0.2, -0.15) is 5.10 Å². The molecule has 0 bridgehead atoms. The molecular formula is C13H13BrFN3. The van der Waals surface area contributed by atoms with Gasteiger partial charge in [0.15, 0.2) is 0 Å². The number of benzene rings is 1. The largest absolute Gasteiger partial charge is 0.308 e. The van der Waals surface area contributed by atoms with Gasteiger partial charge in [-0.1, -0.05) is 0 Å². The minimum Gasteiger partial charge on any atom is -0.308 e. The van der Waals surface area contributed by atoms with Crippen LogP contribution in [0.1, 0.15) is 18.5 Å². The summed E-state index contributed by atoms with van der Waals surface area (Å²) in [5, 5.41) is 7.87. The monoisotopic (exact) mass is 309 g/mol. The second-order valence-electron chi connectivity index (χ2n) is 4.51. The molecule has 94 valence electrons. The summed E-state index contributed by atoms with van der Waals surface area (Å²) in [6.45, 7) is 0.792. The Morgan fingerprint density at radius 1 is 1.39 bits per heavy atom. The maximum Gasteiger partial charge on any atom is 0.137 e. The van der Waals surface area contributed by atoms with Crippen LogP contribution >= 0.6 is 15.9 Å². The molecule has 0 unspecified atom stereocenters. The fraction of sp³-hybridized carbons (Fsp3) is 0.308. The minimum atomic E-state index is -0.262. The molecule has 0 saturated heterocycles. The molecule has 3 rings (SSSR count). The van der Waals surface area contributed by atoms with Gasteiger partial charge < -0.3 is 5.32 Å². The molecular weight excluding hydrogens is 297 g/mol. The van der Waals surface area contributed by atoms with E-state index in [0.717, 1.165) is 17.9 Å². The average Bonchev–Trinajstić information content (AvgIpc) is 3.08. The normalized spacial score (nSPS) is 15.0. The molecule has 3 nitrogen and oxygen atoms in total. The molecule has 1 aliphatic carbocycles. The van der Waals surface area contributed by atoms with E-state index in [1.165, 1.54) is 18.9 Å². The smallest absolute Gasteiger partial charge is 0.137 e. The lowest BCUT2D eigenvalue weighted by Crippen LogP contribution is -2.15. The summed E-state index contributed by atoms with van der Waals surface area (Å²) in [4.78, 5) is 0. The van der Waals surface area contributed by atoms with Crippen LogP contribution in [0.3, 0.4) is 0 Å². The van der Waals surface area contributed by atoms with Crippen LogP contribution < -0.4 is 5.32 Å². The fourth-order valence-electron chi connectivity index (χ4n) is 1.76. The summed E-state index contributed by atoms with van der Waals surface area (Å²) in [6.07, 6.45) is 4.43. The molecule has 1 aliphatic rings. The van der Waals surface area contributed by atoms with Crippen LogP contribution in [-0.2, 0) is 6.54 Å². The number of nitrogens with zero attached hydrogens (tertiary/aromatic N) is 2. The number of rotatable bonds is 4. The van der Waals surface area contributed by atoms with E-state index >= 15 is 0 Å². The molecule has 2 aromatic rings. The van der Waals surface area contributed by atoms with Gasteiger partial charge in [-0.15, -0.1) is 0 Å². The zero-order valence-electron chi connectivity index (χ0n) is 9.74. The third-order valence-electron chi connectivity index (χ3n) is 2.96. The van der Waals surface area contributed by atoms with Crippen molar-refractivity contribution in [3.63, 3.8) is 0 Å². The molecule has 5 heteroatoms. The Balaban J connectivity index is 1.76. The van der Waals surface area contributed by atoms with E-state index in [2.05, 4.69) is 26.3 Å². The molecule has 0 radical (unpaired) electrons. The first-order chi connectivity index (χ1) is 8.72. The fourth-order valence-corrected chi connectivity index (χ4v) is 2.13. The van der Waals surface area contributed by atoms with Crippen molar-refractivity contribution in [1.29, 1.82) is 0 Å². The molecule has 1 saturated carbocycles. The second-order valence-corrected chi connectivity index (χ2v) is 5.36. The van der Waals surface area contributed by atoms with E-state index < -0.39 is 0 Å². The van der Waals surface area contributed by atoms with Crippen molar-refractivity contribution in [1.82, 2.24) is 15.1 Å². The van der Waals surface area contributed by atoms with E-state index in [1.54, 1.807) is 16.8 Å². The van der Waals surface area contributed by atoms with Crippen LogP contribution in [0.2, 0.25) is 0 Å². The zero-order valence-corrected chi connectivity index (χ0v) is 11.3. The average molecular weight is 310 g/mol. The van der Waals surface area contributed by atoms with Gasteiger partial charge in [0.25, 0.3) is 0 Å². The van der Waals surface area contributed by atoms with Gasteiger partial charge >= 0.3 is 0 Å². The highest BCUT2D eigenvalue weighted by Gasteiger charge is 2.20. The van der Waals surface area contributed by atoms with Crippen LogP contribution in [0, 0.1) is 5.82 Å². The minimum absolute atomic E-state index is 0.262. The highest BCUT2D eigenvalue weighted by molar-refractivity contribution is 9.10. The van der Waals surface area contributed by atoms with E-state index in [0.29, 0.717) is 10.5 Å². The molecule has 0 atom stereocenters. The van der Waals surface area contributed by atoms with Gasteiger partial charge in [-0.25, -0.2) is 9.07 Å². The number of hydrogen-bond donors (Lipinski definition) is 1. The maximum absolute atomic E-state index is 13.1. The van der Waals surface area contributed by atoms with E-state index in [-0.39, 0.29) is 5.82 Å². The van der Waals surface area contributed by atoms with Crippen LogP contribution in [0.25, 0.3) is 5.69 Å². The van der Waals surface area contributed by atoms with Gasteiger partial charge in [-0.3, -0.25) is 0 Å². The first-order valence-corrected chi connectivity index (χ1v) is 6.75. The first kappa shape index (κ1) is 11.9. The number of aromatic nitrogens is 2. The second kappa shape index (κ2) is 4.82. The predicted molar refractivity (Wildman–Crippen MR) is 71.1 cm³/mol. The first-order valence-electron chi connectivity index (χ1n) is 5.96. The highest BCUT2D eigenvalue weighted by Crippen LogP contribution is 2.20. The standard InChI is InChI=1S/C13H13BrFN3/c14-12-7-11(3-4-13(12)15)18-6-5-10(17-18)8-16-9-1-2-9/h3-7,9,16H,1-2,8H2. The van der Waals surface area contributed by atoms with Crippen molar-refractivity contribution in [2.45, 2.75) is 25.4 Å². The molecule has 0 spiro atoms. The van der Waals surface area contributed by atoms with Crippen molar-refractivity contribution in [2.24, 2.45) is 0 Å². The third-order valence-corrected chi connectivity index (χ3v) is 3.57. The lowest BCUT2D eigenvalue weighted by molar-refractivity contribution is 0.620. The maximum atomic E-state index is 13.1. The summed E-state index contributed by atoms with van der Waals surface area (Å²) >= 11 is 3.18. The number of nitrogens with one attached hydrogen (secondary N) is 1. The van der Waals surface area contributed by atoms with Gasteiger partial charge in [-0.05, 0) is 53.0 Å². The predicted octanol–water partition coefficient (Wildman–Crippen LogP) is 3.03. The molecule has 1 aromatic heterocycles. The van der Waals surface area contributed by atoms with E-state index in [4.69, 9.17) is 0 Å². The Morgan fingerprint density at radius 2 is 2.22 bits per heavy atom. The van der Waals surface area contributed by atoms with E-state index in [1.807, 2.05) is 12.3 Å². The Hall–Kier alpha value is -1.20. The summed E-state index contributed by atoms with van der Waals surface area (Å²) < 4.78 is 15.4. The Morgan fingerprint density at radius 3 is 2.94 bits per heavy atom. The summed E-state index contributed by atoms with van der Waals surface area (Å²) in [5.41, 5.74) is 1.85. The third kappa shape index (κ3) is 2.62. The summed E-state index contributed by atoms with van der Waals surface area (Å²) in [7, 11) is 0. The lowest BCUT2D eigenvalue weighted by Gasteiger charge is -2.03. The van der Waals surface area contributed by atoms with Gasteiger partial charge in [0.05, 0.1) is 15.9 Å². The van der Waals surface area contributed by atoms with Crippen molar-refractivity contribution in [3.05, 3.63) is 46.4 Å². The molecule has 1 fully saturated rings. The number of hydrogen-bond acceptors (Lipinski definition) is 2. The van der Waals surface area contributed by atoms with Crippen molar-refractivity contribution < 1.29 is 4.39 Å². The molecule has 1 aromatic carbocycles. The highest BCUT2D eigenvalue weighted by atomic mass is 79.9. The Bertz CT molecular complexity index is 563. The molecule has 0 amide bonds. The van der Waals surface area contributed by atoms with Crippen LogP contribution in [0.5, 0.6) is 0 Å². The van der Waals surface area contributed by atoms with Gasteiger partial charge in [0.2, 0.25) is 0 Å². The SMILES string of the molecule is Fc1ccc(-n2ccc(CNC3CC3)n2)cc1Br. The van der Waals surface area contributed by atoms with Gasteiger partial charge in [0.1, 0.15) is 5.82 Å². The van der Waals surface area contributed by atoms with E-state index in [9.17, 15) is 4.39 Å². The van der Waals surface area contributed by atoms with Crippen LogP contribution in [-0.4, -0.2) is 15.8 Å². The van der Waals surface area contributed by atoms with Gasteiger partial charge in [0, 0.05) is 18.8 Å². The summed E-state index contributed by atoms with van der Waals surface area (Å²) in [5.74, 6) is -0.262.